The van der Waals surface area contributed by atoms with Gasteiger partial charge in [-0.05, 0) is 124 Å². The zero-order valence-electron chi connectivity index (χ0n) is 45.1. The van der Waals surface area contributed by atoms with Crippen molar-refractivity contribution in [2.45, 2.75) is 138 Å². The Morgan fingerprint density at radius 1 is 0.493 bits per heavy atom. The summed E-state index contributed by atoms with van der Waals surface area (Å²) in [5.74, 6) is -0.737. The molecule has 0 saturated heterocycles. The lowest BCUT2D eigenvalue weighted by molar-refractivity contribution is 0.0941. The van der Waals surface area contributed by atoms with E-state index in [4.69, 9.17) is 11.6 Å². The number of carbonyl (C=O) groups excluding carboxylic acids is 3. The van der Waals surface area contributed by atoms with Gasteiger partial charge in [0.2, 0.25) is 0 Å². The third kappa shape index (κ3) is 16.9. The fourth-order valence-corrected chi connectivity index (χ4v) is 7.58. The highest BCUT2D eigenvalue weighted by Gasteiger charge is 2.26. The molecule has 6 aromatic rings. The fraction of sp³-hybridized carbons (Fsp3) is 0.393. The number of pyridine rings is 2. The van der Waals surface area contributed by atoms with Gasteiger partial charge in [-0.2, -0.15) is 0 Å². The number of hydrogen-bond donors (Lipinski definition) is 6. The molecule has 6 N–H and O–H groups in total. The average molecular weight is 1010 g/mol. The fourth-order valence-electron chi connectivity index (χ4n) is 7.45. The lowest BCUT2D eigenvalue weighted by Gasteiger charge is -2.22. The summed E-state index contributed by atoms with van der Waals surface area (Å²) in [5.41, 5.74) is 7.64. The number of carbonyl (C=O) groups is 3. The smallest absolute Gasteiger partial charge is 0.255 e. The van der Waals surface area contributed by atoms with E-state index >= 15 is 0 Å². The van der Waals surface area contributed by atoms with E-state index in [0.717, 1.165) is 66.3 Å². The van der Waals surface area contributed by atoms with Crippen LogP contribution in [-0.2, 0) is 16.2 Å². The highest BCUT2D eigenvalue weighted by molar-refractivity contribution is 6.30. The molecule has 390 valence electrons. The van der Waals surface area contributed by atoms with Gasteiger partial charge in [-0.3, -0.25) is 24.4 Å². The largest absolute Gasteiger partial charge is 0.506 e. The van der Waals surface area contributed by atoms with E-state index in [0.29, 0.717) is 63.7 Å². The summed E-state index contributed by atoms with van der Waals surface area (Å²) in [6.07, 6.45) is 10.8. The van der Waals surface area contributed by atoms with Gasteiger partial charge in [0, 0.05) is 65.5 Å². The predicted octanol–water partition coefficient (Wildman–Crippen LogP) is 14.1. The molecular weight excluding hydrogens is 934 g/mol. The van der Waals surface area contributed by atoms with E-state index in [1.54, 1.807) is 48.9 Å². The first-order valence-corrected chi connectivity index (χ1v) is 25.8. The van der Waals surface area contributed by atoms with Gasteiger partial charge in [0.25, 0.3) is 17.7 Å². The molecule has 0 fully saturated rings. The van der Waals surface area contributed by atoms with E-state index < -0.39 is 0 Å². The van der Waals surface area contributed by atoms with Crippen molar-refractivity contribution in [1.82, 2.24) is 25.9 Å². The van der Waals surface area contributed by atoms with Gasteiger partial charge in [0.05, 0.1) is 22.4 Å². The molecule has 0 spiro atoms. The third-order valence-corrected chi connectivity index (χ3v) is 12.4. The molecule has 2 aromatic heterocycles. The Kier molecular flexibility index (Phi) is 21.6. The van der Waals surface area contributed by atoms with Crippen molar-refractivity contribution in [3.63, 3.8) is 0 Å². The van der Waals surface area contributed by atoms with Gasteiger partial charge < -0.3 is 31.3 Å². The highest BCUT2D eigenvalue weighted by Crippen LogP contribution is 2.40. The molecule has 12 heteroatoms. The molecule has 73 heavy (non-hydrogen) atoms. The molecule has 0 radical (unpaired) electrons. The molecule has 0 aliphatic heterocycles. The summed E-state index contributed by atoms with van der Waals surface area (Å²) in [5, 5.41) is 41.3. The standard InChI is InChI=1S/C21H26ClNO2.2C20H26N2O2/c1-5-6-11-23-20(25)18-13-15(21(2,3)4)12-17(19(18)24)14-7-9-16(22)10-8-14;1-5-6-10-22-19(24)17-12-15(20(2,3)4)11-16(18(17)23)14-8-7-9-21-13-14;1-5-6-10-22-19(24)16-13-14(20(2,3)4)12-15(18(16)23)17-9-7-8-11-21-17/h7-10,12-13,24H,5-6,11H2,1-4H3,(H,23,25);2*7-9,11-13,23H,5-6,10H2,1-4H3,(H,22,24). The summed E-state index contributed by atoms with van der Waals surface area (Å²) in [7, 11) is 0. The topological polar surface area (TPSA) is 174 Å². The predicted molar refractivity (Wildman–Crippen MR) is 299 cm³/mol. The van der Waals surface area contributed by atoms with Crippen LogP contribution in [0.3, 0.4) is 0 Å². The number of rotatable bonds is 15. The monoisotopic (exact) mass is 1010 g/mol. The molecule has 0 saturated carbocycles. The maximum absolute atomic E-state index is 12.6. The summed E-state index contributed by atoms with van der Waals surface area (Å²) in [6.45, 7) is 26.8. The van der Waals surface area contributed by atoms with Crippen molar-refractivity contribution < 1.29 is 29.7 Å². The summed E-state index contributed by atoms with van der Waals surface area (Å²) in [4.78, 5) is 46.0. The van der Waals surface area contributed by atoms with Crippen LogP contribution in [-0.4, -0.2) is 62.6 Å². The molecule has 0 aliphatic carbocycles. The molecule has 0 aliphatic rings. The second-order valence-corrected chi connectivity index (χ2v) is 21.7. The number of phenolic OH excluding ortho intramolecular Hbond substituents is 3. The normalized spacial score (nSPS) is 11.4. The van der Waals surface area contributed by atoms with Crippen molar-refractivity contribution in [1.29, 1.82) is 0 Å². The maximum Gasteiger partial charge on any atom is 0.255 e. The summed E-state index contributed by atoms with van der Waals surface area (Å²) >= 11 is 5.97. The number of halogens is 1. The molecule has 6 rings (SSSR count). The lowest BCUT2D eigenvalue weighted by Crippen LogP contribution is -2.25. The van der Waals surface area contributed by atoms with E-state index in [-0.39, 0.29) is 51.2 Å². The Morgan fingerprint density at radius 3 is 1.25 bits per heavy atom. The van der Waals surface area contributed by atoms with Crippen LogP contribution in [0.25, 0.3) is 33.5 Å². The van der Waals surface area contributed by atoms with Crippen molar-refractivity contribution in [3.05, 3.63) is 148 Å². The minimum absolute atomic E-state index is 0.00400. The minimum Gasteiger partial charge on any atom is -0.506 e. The molecule has 11 nitrogen and oxygen atoms in total. The Bertz CT molecular complexity index is 2630. The van der Waals surface area contributed by atoms with E-state index in [9.17, 15) is 29.7 Å². The molecule has 0 atom stereocenters. The number of aromatic nitrogens is 2. The SMILES string of the molecule is CCCCNC(=O)c1cc(C(C)(C)C)cc(-c2ccc(Cl)cc2)c1O.CCCCNC(=O)c1cc(C(C)(C)C)cc(-c2ccccn2)c1O.CCCCNC(=O)c1cc(C(C)(C)C)cc(-c2cccnc2)c1O. The lowest BCUT2D eigenvalue weighted by atomic mass is 9.83. The second kappa shape index (κ2) is 26.8. The van der Waals surface area contributed by atoms with Crippen LogP contribution < -0.4 is 16.0 Å². The Balaban J connectivity index is 0.000000237. The van der Waals surface area contributed by atoms with Gasteiger partial charge in [-0.25, -0.2) is 0 Å². The number of hydrogen-bond acceptors (Lipinski definition) is 8. The van der Waals surface area contributed by atoms with E-state index in [1.165, 1.54) is 0 Å². The number of aromatic hydroxyl groups is 3. The number of amides is 3. The zero-order chi connectivity index (χ0) is 54.1. The van der Waals surface area contributed by atoms with Crippen LogP contribution in [0.2, 0.25) is 5.02 Å². The van der Waals surface area contributed by atoms with Crippen molar-refractivity contribution >= 4 is 29.3 Å². The average Bonchev–Trinajstić information content (AvgIpc) is 3.34. The number of nitrogens with one attached hydrogen (secondary N) is 3. The maximum atomic E-state index is 12.6. The van der Waals surface area contributed by atoms with Gasteiger partial charge in [0.15, 0.2) is 0 Å². The van der Waals surface area contributed by atoms with Crippen LogP contribution in [0, 0.1) is 0 Å². The summed E-state index contributed by atoms with van der Waals surface area (Å²) in [6, 6.07) is 27.6. The molecule has 0 unspecified atom stereocenters. The first-order chi connectivity index (χ1) is 34.4. The second-order valence-electron chi connectivity index (χ2n) is 21.3. The van der Waals surface area contributed by atoms with Gasteiger partial charge >= 0.3 is 0 Å². The third-order valence-electron chi connectivity index (χ3n) is 12.2. The van der Waals surface area contributed by atoms with Crippen molar-refractivity contribution in [2.24, 2.45) is 0 Å². The molecule has 3 amide bonds. The molecule has 0 bridgehead atoms. The van der Waals surface area contributed by atoms with Crippen molar-refractivity contribution in [3.8, 4) is 50.8 Å². The number of benzene rings is 4. The van der Waals surface area contributed by atoms with E-state index in [1.807, 2.05) is 60.7 Å². The minimum atomic E-state index is -0.246. The van der Waals surface area contributed by atoms with Gasteiger partial charge in [-0.1, -0.05) is 138 Å². The van der Waals surface area contributed by atoms with Crippen LogP contribution >= 0.6 is 11.6 Å². The quantitative estimate of drug-likeness (QED) is 0.0551. The van der Waals surface area contributed by atoms with E-state index in [2.05, 4.69) is 109 Å². The Hall–Kier alpha value is -6.72. The molecule has 2 heterocycles. The van der Waals surface area contributed by atoms with Gasteiger partial charge in [0.1, 0.15) is 17.2 Å². The molecular formula is C61H78ClN5O6. The van der Waals surface area contributed by atoms with Crippen LogP contribution in [0.4, 0.5) is 0 Å². The number of unbranched alkanes of at least 4 members (excludes halogenated alkanes) is 3. The zero-order valence-corrected chi connectivity index (χ0v) is 45.9. The first kappa shape index (κ1) is 58.8. The number of nitrogens with zero attached hydrogens (tertiary/aromatic N) is 2. The van der Waals surface area contributed by atoms with Gasteiger partial charge in [-0.15, -0.1) is 0 Å². The van der Waals surface area contributed by atoms with Crippen LogP contribution in [0.15, 0.2) is 110 Å². The Labute approximate surface area is 439 Å². The van der Waals surface area contributed by atoms with Crippen LogP contribution in [0.5, 0.6) is 17.2 Å². The first-order valence-electron chi connectivity index (χ1n) is 25.5. The number of phenols is 3. The highest BCUT2D eigenvalue weighted by atomic mass is 35.5. The summed E-state index contributed by atoms with van der Waals surface area (Å²) < 4.78 is 0. The van der Waals surface area contributed by atoms with Crippen LogP contribution in [0.1, 0.15) is 169 Å². The Morgan fingerprint density at radius 2 is 0.890 bits per heavy atom. The van der Waals surface area contributed by atoms with Crippen molar-refractivity contribution in [2.75, 3.05) is 19.6 Å². The molecule has 4 aromatic carbocycles.